The molecule has 0 saturated heterocycles. The Balaban J connectivity index is 2.49. The highest BCUT2D eigenvalue weighted by Gasteiger charge is 2.07. The van der Waals surface area contributed by atoms with E-state index in [4.69, 9.17) is 4.74 Å². The lowest BCUT2D eigenvalue weighted by atomic mass is 10.2. The molecule has 0 fully saturated rings. The SMILES string of the molecule is CC=C(C)N(C)CC(C)Oc1ccc(C)cc1. The van der Waals surface area contributed by atoms with Crippen molar-refractivity contribution in [3.8, 4) is 5.75 Å². The summed E-state index contributed by atoms with van der Waals surface area (Å²) >= 11 is 0. The minimum Gasteiger partial charge on any atom is -0.489 e. The summed E-state index contributed by atoms with van der Waals surface area (Å²) in [6.07, 6.45) is 2.29. The zero-order valence-electron chi connectivity index (χ0n) is 11.5. The average Bonchev–Trinajstić information content (AvgIpc) is 2.30. The molecule has 0 aliphatic carbocycles. The van der Waals surface area contributed by atoms with Crippen LogP contribution in [0.2, 0.25) is 0 Å². The van der Waals surface area contributed by atoms with Gasteiger partial charge in [-0.15, -0.1) is 0 Å². The molecule has 0 spiro atoms. The van der Waals surface area contributed by atoms with Crippen molar-refractivity contribution in [3.63, 3.8) is 0 Å². The molecule has 0 saturated carbocycles. The number of hydrogen-bond acceptors (Lipinski definition) is 2. The Morgan fingerprint density at radius 1 is 1.35 bits per heavy atom. The van der Waals surface area contributed by atoms with E-state index in [-0.39, 0.29) is 6.10 Å². The van der Waals surface area contributed by atoms with Crippen molar-refractivity contribution in [2.24, 2.45) is 0 Å². The molecule has 0 radical (unpaired) electrons. The van der Waals surface area contributed by atoms with E-state index in [9.17, 15) is 0 Å². The highest BCUT2D eigenvalue weighted by molar-refractivity contribution is 5.26. The molecule has 0 aliphatic rings. The largest absolute Gasteiger partial charge is 0.489 e. The number of rotatable bonds is 5. The molecule has 0 heterocycles. The van der Waals surface area contributed by atoms with Crippen LogP contribution in [0.15, 0.2) is 36.0 Å². The number of likely N-dealkylation sites (N-methyl/N-ethyl adjacent to an activating group) is 1. The Kier molecular flexibility index (Phi) is 5.08. The van der Waals surface area contributed by atoms with Gasteiger partial charge < -0.3 is 9.64 Å². The number of nitrogens with zero attached hydrogens (tertiary/aromatic N) is 1. The van der Waals surface area contributed by atoms with Gasteiger partial charge in [0.2, 0.25) is 0 Å². The first-order chi connectivity index (χ1) is 8.02. The zero-order chi connectivity index (χ0) is 12.8. The van der Waals surface area contributed by atoms with Crippen LogP contribution in [0.1, 0.15) is 26.3 Å². The van der Waals surface area contributed by atoms with Crippen LogP contribution in [0.4, 0.5) is 0 Å². The second-order valence-electron chi connectivity index (χ2n) is 4.55. The van der Waals surface area contributed by atoms with Gasteiger partial charge in [0.25, 0.3) is 0 Å². The van der Waals surface area contributed by atoms with Gasteiger partial charge in [-0.05, 0) is 39.8 Å². The van der Waals surface area contributed by atoms with E-state index in [0.29, 0.717) is 0 Å². The summed E-state index contributed by atoms with van der Waals surface area (Å²) in [5.74, 6) is 0.939. The quantitative estimate of drug-likeness (QED) is 0.770. The molecule has 94 valence electrons. The number of hydrogen-bond donors (Lipinski definition) is 0. The molecule has 0 aromatic heterocycles. The normalized spacial score (nSPS) is 13.4. The van der Waals surface area contributed by atoms with Gasteiger partial charge >= 0.3 is 0 Å². The molecule has 1 atom stereocenters. The van der Waals surface area contributed by atoms with Crippen LogP contribution in [-0.2, 0) is 0 Å². The van der Waals surface area contributed by atoms with Crippen LogP contribution in [0.25, 0.3) is 0 Å². The topological polar surface area (TPSA) is 12.5 Å². The lowest BCUT2D eigenvalue weighted by Crippen LogP contribution is -2.29. The first kappa shape index (κ1) is 13.6. The van der Waals surface area contributed by atoms with Crippen molar-refractivity contribution in [2.45, 2.75) is 33.8 Å². The van der Waals surface area contributed by atoms with Gasteiger partial charge in [0, 0.05) is 12.7 Å². The number of benzene rings is 1. The number of allylic oxidation sites excluding steroid dienone is 2. The summed E-state index contributed by atoms with van der Waals surface area (Å²) in [5, 5.41) is 0. The van der Waals surface area contributed by atoms with E-state index in [2.05, 4.69) is 57.9 Å². The molecule has 1 unspecified atom stereocenters. The summed E-state index contributed by atoms with van der Waals surface area (Å²) in [6.45, 7) is 9.23. The van der Waals surface area contributed by atoms with Crippen molar-refractivity contribution in [1.82, 2.24) is 4.90 Å². The summed E-state index contributed by atoms with van der Waals surface area (Å²) in [4.78, 5) is 2.21. The maximum atomic E-state index is 5.87. The molecule has 0 aliphatic heterocycles. The van der Waals surface area contributed by atoms with Crippen LogP contribution in [0, 0.1) is 6.92 Å². The fraction of sp³-hybridized carbons (Fsp3) is 0.467. The number of aryl methyl sites for hydroxylation is 1. The van der Waals surface area contributed by atoms with E-state index in [1.165, 1.54) is 11.3 Å². The predicted molar refractivity (Wildman–Crippen MR) is 73.3 cm³/mol. The Bertz CT molecular complexity index is 367. The van der Waals surface area contributed by atoms with Crippen molar-refractivity contribution >= 4 is 0 Å². The number of ether oxygens (including phenoxy) is 1. The smallest absolute Gasteiger partial charge is 0.119 e. The Morgan fingerprint density at radius 2 is 1.94 bits per heavy atom. The van der Waals surface area contributed by atoms with Crippen LogP contribution in [-0.4, -0.2) is 24.6 Å². The third kappa shape index (κ3) is 4.51. The van der Waals surface area contributed by atoms with E-state index >= 15 is 0 Å². The lowest BCUT2D eigenvalue weighted by Gasteiger charge is -2.24. The minimum atomic E-state index is 0.178. The average molecular weight is 233 g/mol. The van der Waals surface area contributed by atoms with Gasteiger partial charge in [-0.2, -0.15) is 0 Å². The molecule has 0 amide bonds. The van der Waals surface area contributed by atoms with Crippen LogP contribution in [0.5, 0.6) is 5.75 Å². The summed E-state index contributed by atoms with van der Waals surface area (Å²) in [7, 11) is 2.09. The van der Waals surface area contributed by atoms with E-state index in [1.807, 2.05) is 12.1 Å². The van der Waals surface area contributed by atoms with Crippen molar-refractivity contribution < 1.29 is 4.74 Å². The summed E-state index contributed by atoms with van der Waals surface area (Å²) in [5.41, 5.74) is 2.52. The predicted octanol–water partition coefficient (Wildman–Crippen LogP) is 3.62. The third-order valence-corrected chi connectivity index (χ3v) is 2.91. The van der Waals surface area contributed by atoms with Gasteiger partial charge in [-0.25, -0.2) is 0 Å². The maximum absolute atomic E-state index is 5.87. The van der Waals surface area contributed by atoms with Crippen molar-refractivity contribution in [3.05, 3.63) is 41.6 Å². The molecule has 2 nitrogen and oxygen atoms in total. The molecule has 1 aromatic carbocycles. The second-order valence-corrected chi connectivity index (χ2v) is 4.55. The first-order valence-electron chi connectivity index (χ1n) is 6.10. The van der Waals surface area contributed by atoms with E-state index < -0.39 is 0 Å². The van der Waals surface area contributed by atoms with Crippen molar-refractivity contribution in [2.75, 3.05) is 13.6 Å². The summed E-state index contributed by atoms with van der Waals surface area (Å²) in [6, 6.07) is 8.19. The third-order valence-electron chi connectivity index (χ3n) is 2.91. The fourth-order valence-electron chi connectivity index (χ4n) is 1.64. The van der Waals surface area contributed by atoms with Crippen LogP contribution >= 0.6 is 0 Å². The Labute approximate surface area is 105 Å². The second kappa shape index (κ2) is 6.33. The highest BCUT2D eigenvalue weighted by atomic mass is 16.5. The van der Waals surface area contributed by atoms with Crippen LogP contribution < -0.4 is 4.74 Å². The monoisotopic (exact) mass is 233 g/mol. The molecule has 17 heavy (non-hydrogen) atoms. The Hall–Kier alpha value is -1.44. The van der Waals surface area contributed by atoms with Gasteiger partial charge in [0.1, 0.15) is 11.9 Å². The molecule has 1 aromatic rings. The maximum Gasteiger partial charge on any atom is 0.119 e. The van der Waals surface area contributed by atoms with Gasteiger partial charge in [0.15, 0.2) is 0 Å². The van der Waals surface area contributed by atoms with E-state index in [0.717, 1.165) is 12.3 Å². The molecule has 1 rings (SSSR count). The van der Waals surface area contributed by atoms with Gasteiger partial charge in [-0.1, -0.05) is 23.8 Å². The van der Waals surface area contributed by atoms with Crippen LogP contribution in [0.3, 0.4) is 0 Å². The van der Waals surface area contributed by atoms with E-state index in [1.54, 1.807) is 0 Å². The Morgan fingerprint density at radius 3 is 2.47 bits per heavy atom. The molecule has 0 N–H and O–H groups in total. The standard InChI is InChI=1S/C15H23NO/c1-6-13(3)16(5)11-14(4)17-15-9-7-12(2)8-10-15/h6-10,14H,11H2,1-5H3. The minimum absolute atomic E-state index is 0.178. The van der Waals surface area contributed by atoms with Gasteiger partial charge in [0.05, 0.1) is 6.54 Å². The highest BCUT2D eigenvalue weighted by Crippen LogP contribution is 2.14. The molecular weight excluding hydrogens is 210 g/mol. The zero-order valence-corrected chi connectivity index (χ0v) is 11.5. The lowest BCUT2D eigenvalue weighted by molar-refractivity contribution is 0.179. The fourth-order valence-corrected chi connectivity index (χ4v) is 1.64. The molecular formula is C15H23NO. The molecule has 2 heteroatoms. The summed E-state index contributed by atoms with van der Waals surface area (Å²) < 4.78 is 5.87. The van der Waals surface area contributed by atoms with Gasteiger partial charge in [-0.3, -0.25) is 0 Å². The van der Waals surface area contributed by atoms with Crippen molar-refractivity contribution in [1.29, 1.82) is 0 Å². The molecule has 0 bridgehead atoms. The first-order valence-corrected chi connectivity index (χ1v) is 6.10.